The minimum Gasteiger partial charge on any atom is -0.307 e. The Labute approximate surface area is 255 Å². The van der Waals surface area contributed by atoms with Crippen molar-refractivity contribution in [3.63, 3.8) is 0 Å². The summed E-state index contributed by atoms with van der Waals surface area (Å²) >= 11 is 9.88. The van der Waals surface area contributed by atoms with Crippen LogP contribution in [0.3, 0.4) is 0 Å². The quantitative estimate of drug-likeness (QED) is 0.173. The van der Waals surface area contributed by atoms with Crippen molar-refractivity contribution in [3.05, 3.63) is 89.5 Å². The first kappa shape index (κ1) is 23.3. The van der Waals surface area contributed by atoms with Crippen molar-refractivity contribution in [3.8, 4) is 5.69 Å². The predicted octanol–water partition coefficient (Wildman–Crippen LogP) is 12.9. The number of nitrogens with zero attached hydrogens (tertiary/aromatic N) is 1. The first-order chi connectivity index (χ1) is 20.0. The SMILES string of the molecule is Cc1ccc(-n2c3cc(C)ccc3c3sc4c5cc6sc7c(sc8c9ccc(C)cc9sc87)c6cc5sc4c32)cc1. The smallest absolute Gasteiger partial charge is 0.0829 e. The molecule has 0 aliphatic heterocycles. The number of fused-ring (bicyclic) bond motifs is 14. The van der Waals surface area contributed by atoms with Gasteiger partial charge >= 0.3 is 0 Å². The van der Waals surface area contributed by atoms with E-state index in [1.165, 1.54) is 102 Å². The maximum Gasteiger partial charge on any atom is 0.0829 e. The van der Waals surface area contributed by atoms with Gasteiger partial charge < -0.3 is 4.57 Å². The molecule has 0 amide bonds. The fourth-order valence-corrected chi connectivity index (χ4v) is 13.6. The molecule has 0 saturated heterocycles. The molecule has 10 rings (SSSR count). The highest BCUT2D eigenvalue weighted by molar-refractivity contribution is 7.43. The molecular formula is C35H21NS5. The predicted molar refractivity (Wildman–Crippen MR) is 189 cm³/mol. The lowest BCUT2D eigenvalue weighted by Gasteiger charge is -2.08. The molecule has 6 aromatic heterocycles. The zero-order chi connectivity index (χ0) is 27.1. The summed E-state index contributed by atoms with van der Waals surface area (Å²) < 4.78 is 16.8. The lowest BCUT2D eigenvalue weighted by molar-refractivity contribution is 1.18. The van der Waals surface area contributed by atoms with Gasteiger partial charge in [0.05, 0.1) is 43.9 Å². The van der Waals surface area contributed by atoms with Crippen molar-refractivity contribution in [1.82, 2.24) is 4.57 Å². The molecule has 0 saturated carbocycles. The van der Waals surface area contributed by atoms with Gasteiger partial charge in [0.1, 0.15) is 0 Å². The van der Waals surface area contributed by atoms with E-state index in [1.807, 2.05) is 56.7 Å². The second-order valence-electron chi connectivity index (χ2n) is 11.2. The van der Waals surface area contributed by atoms with Gasteiger partial charge in [0.2, 0.25) is 0 Å². The van der Waals surface area contributed by atoms with Crippen LogP contribution in [0.1, 0.15) is 16.7 Å². The van der Waals surface area contributed by atoms with Gasteiger partial charge in [-0.05, 0) is 68.3 Å². The van der Waals surface area contributed by atoms with Crippen LogP contribution in [0, 0.1) is 20.8 Å². The standard InChI is InChI=1S/C35H21NS5/c1-16-4-8-19(9-5-16)36-24-12-17(2)6-10-20(24)29-28(36)33-31(40-29)22-14-27-23(15-26(22)37-33)32-35(39-27)34-30(41-32)21-11-7-18(3)13-25(21)38-34/h4-15H,1-3H3. The Morgan fingerprint density at radius 2 is 0.951 bits per heavy atom. The van der Waals surface area contributed by atoms with E-state index in [1.54, 1.807) is 0 Å². The highest BCUT2D eigenvalue weighted by Gasteiger charge is 2.23. The van der Waals surface area contributed by atoms with Gasteiger partial charge in [-0.25, -0.2) is 0 Å². The molecule has 0 aliphatic carbocycles. The number of aryl methyl sites for hydroxylation is 3. The number of thiophene rings is 5. The molecule has 0 bridgehead atoms. The van der Waals surface area contributed by atoms with Crippen molar-refractivity contribution in [2.75, 3.05) is 0 Å². The van der Waals surface area contributed by atoms with Crippen LogP contribution in [0.15, 0.2) is 72.8 Å². The van der Waals surface area contributed by atoms with E-state index in [9.17, 15) is 0 Å². The third-order valence-corrected chi connectivity index (χ3v) is 14.9. The molecule has 0 N–H and O–H groups in total. The Balaban J connectivity index is 1.29. The maximum atomic E-state index is 2.51. The summed E-state index contributed by atoms with van der Waals surface area (Å²) in [6, 6.07) is 27.8. The number of hydrogen-bond acceptors (Lipinski definition) is 5. The van der Waals surface area contributed by atoms with E-state index in [4.69, 9.17) is 0 Å². The van der Waals surface area contributed by atoms with E-state index < -0.39 is 0 Å². The van der Waals surface area contributed by atoms with E-state index in [-0.39, 0.29) is 0 Å². The molecule has 6 heteroatoms. The van der Waals surface area contributed by atoms with Crippen LogP contribution >= 0.6 is 56.7 Å². The molecular weight excluding hydrogens is 595 g/mol. The fraction of sp³-hybridized carbons (Fsp3) is 0.0857. The maximum absolute atomic E-state index is 2.51. The summed E-state index contributed by atoms with van der Waals surface area (Å²) in [7, 11) is 0. The molecule has 0 aliphatic rings. The normalized spacial score (nSPS) is 12.8. The first-order valence-electron chi connectivity index (χ1n) is 13.7. The van der Waals surface area contributed by atoms with Crippen LogP contribution < -0.4 is 0 Å². The Morgan fingerprint density at radius 3 is 1.68 bits per heavy atom. The minimum absolute atomic E-state index is 1.24. The summed E-state index contributed by atoms with van der Waals surface area (Å²) in [5.74, 6) is 0. The zero-order valence-corrected chi connectivity index (χ0v) is 26.5. The third kappa shape index (κ3) is 3.04. The van der Waals surface area contributed by atoms with Crippen molar-refractivity contribution in [2.24, 2.45) is 0 Å². The summed E-state index contributed by atoms with van der Waals surface area (Å²) in [6.07, 6.45) is 0. The molecule has 0 fully saturated rings. The summed E-state index contributed by atoms with van der Waals surface area (Å²) in [6.45, 7) is 6.55. The van der Waals surface area contributed by atoms with Crippen LogP contribution in [0.4, 0.5) is 0 Å². The van der Waals surface area contributed by atoms with Gasteiger partial charge in [-0.2, -0.15) is 0 Å². The molecule has 10 aromatic rings. The van der Waals surface area contributed by atoms with Gasteiger partial charge in [-0.3, -0.25) is 0 Å². The lowest BCUT2D eigenvalue weighted by atomic mass is 10.2. The van der Waals surface area contributed by atoms with Crippen LogP contribution in [-0.4, -0.2) is 4.57 Å². The Bertz CT molecular complexity index is 2710. The molecule has 6 heterocycles. The average molecular weight is 616 g/mol. The Kier molecular flexibility index (Phi) is 4.53. The minimum atomic E-state index is 1.24. The van der Waals surface area contributed by atoms with E-state index in [0.29, 0.717) is 0 Å². The van der Waals surface area contributed by atoms with Gasteiger partial charge in [-0.1, -0.05) is 42.0 Å². The second-order valence-corrected chi connectivity index (χ2v) is 16.4. The third-order valence-electron chi connectivity index (χ3n) is 8.41. The topological polar surface area (TPSA) is 4.93 Å². The molecule has 41 heavy (non-hydrogen) atoms. The fourth-order valence-electron chi connectivity index (χ4n) is 6.42. The van der Waals surface area contributed by atoms with E-state index in [2.05, 4.69) is 98.1 Å². The van der Waals surface area contributed by atoms with Crippen LogP contribution in [0.2, 0.25) is 0 Å². The molecule has 0 spiro atoms. The van der Waals surface area contributed by atoms with Crippen molar-refractivity contribution in [2.45, 2.75) is 20.8 Å². The molecule has 0 atom stereocenters. The zero-order valence-electron chi connectivity index (χ0n) is 22.4. The van der Waals surface area contributed by atoms with Gasteiger partial charge in [0, 0.05) is 41.3 Å². The van der Waals surface area contributed by atoms with Crippen LogP contribution in [0.5, 0.6) is 0 Å². The van der Waals surface area contributed by atoms with Crippen molar-refractivity contribution in [1.29, 1.82) is 0 Å². The summed E-state index contributed by atoms with van der Waals surface area (Å²) in [5, 5.41) is 5.60. The average Bonchev–Trinajstić information content (AvgIpc) is 3.77. The van der Waals surface area contributed by atoms with Gasteiger partial charge in [0.15, 0.2) is 0 Å². The number of aromatic nitrogens is 1. The van der Waals surface area contributed by atoms with Crippen LogP contribution in [-0.2, 0) is 0 Å². The number of benzene rings is 4. The number of rotatable bonds is 1. The van der Waals surface area contributed by atoms with E-state index in [0.717, 1.165) is 0 Å². The highest BCUT2D eigenvalue weighted by atomic mass is 32.1. The summed E-state index contributed by atoms with van der Waals surface area (Å²) in [4.78, 5) is 0. The van der Waals surface area contributed by atoms with Crippen molar-refractivity contribution < 1.29 is 0 Å². The van der Waals surface area contributed by atoms with Crippen LogP contribution in [0.25, 0.3) is 85.3 Å². The van der Waals surface area contributed by atoms with Crippen molar-refractivity contribution >= 4 is 136 Å². The molecule has 1 nitrogen and oxygen atoms in total. The second kappa shape index (κ2) is 7.97. The monoisotopic (exact) mass is 615 g/mol. The molecule has 0 unspecified atom stereocenters. The first-order valence-corrected chi connectivity index (χ1v) is 17.7. The largest absolute Gasteiger partial charge is 0.307 e. The van der Waals surface area contributed by atoms with E-state index >= 15 is 0 Å². The number of hydrogen-bond donors (Lipinski definition) is 0. The molecule has 0 radical (unpaired) electrons. The molecule has 4 aromatic carbocycles. The molecule has 196 valence electrons. The Morgan fingerprint density at radius 1 is 0.415 bits per heavy atom. The Hall–Kier alpha value is -3.26. The van der Waals surface area contributed by atoms with Gasteiger partial charge in [-0.15, -0.1) is 56.7 Å². The lowest BCUT2D eigenvalue weighted by Crippen LogP contribution is -1.93. The summed E-state index contributed by atoms with van der Waals surface area (Å²) in [5.41, 5.74) is 7.83. The van der Waals surface area contributed by atoms with Gasteiger partial charge in [0.25, 0.3) is 0 Å². The highest BCUT2D eigenvalue weighted by Crippen LogP contribution is 2.53.